The summed E-state index contributed by atoms with van der Waals surface area (Å²) in [5.74, 6) is 0. The fraction of sp³-hybridized carbons (Fsp3) is 0.500. The minimum absolute atomic E-state index is 0.313. The Morgan fingerprint density at radius 2 is 2.46 bits per heavy atom. The van der Waals surface area contributed by atoms with Crippen molar-refractivity contribution in [2.45, 2.75) is 18.4 Å². The van der Waals surface area contributed by atoms with Crippen LogP contribution in [-0.2, 0) is 10.3 Å². The first-order valence-corrected chi connectivity index (χ1v) is 4.58. The first-order valence-electron chi connectivity index (χ1n) is 4.58. The minimum Gasteiger partial charge on any atom is -0.379 e. The molecule has 1 aromatic heterocycles. The molecule has 2 heterocycles. The van der Waals surface area contributed by atoms with Gasteiger partial charge in [0, 0.05) is 19.0 Å². The highest BCUT2D eigenvalue weighted by atomic mass is 16.5. The van der Waals surface area contributed by atoms with Gasteiger partial charge >= 0.3 is 0 Å². The van der Waals surface area contributed by atoms with Crippen LogP contribution in [0, 0.1) is 0 Å². The predicted octanol–water partition coefficient (Wildman–Crippen LogP) is 1.05. The standard InChI is InChI=1S/C10H14N2O/c11-10(4-2-6-13-8-10)9-3-1-5-12-7-9/h1,3,5,7H,2,4,6,8,11H2. The lowest BCUT2D eigenvalue weighted by atomic mass is 9.87. The van der Waals surface area contributed by atoms with Gasteiger partial charge in [0.15, 0.2) is 0 Å². The van der Waals surface area contributed by atoms with Crippen LogP contribution < -0.4 is 5.73 Å². The molecule has 0 aromatic carbocycles. The lowest BCUT2D eigenvalue weighted by Gasteiger charge is -2.33. The highest BCUT2D eigenvalue weighted by Crippen LogP contribution is 2.26. The van der Waals surface area contributed by atoms with Crippen LogP contribution in [-0.4, -0.2) is 18.2 Å². The monoisotopic (exact) mass is 178 g/mol. The molecule has 1 atom stereocenters. The fourth-order valence-corrected chi connectivity index (χ4v) is 1.70. The molecule has 0 amide bonds. The summed E-state index contributed by atoms with van der Waals surface area (Å²) >= 11 is 0. The summed E-state index contributed by atoms with van der Waals surface area (Å²) in [6.07, 6.45) is 5.61. The Balaban J connectivity index is 2.23. The maximum absolute atomic E-state index is 6.22. The lowest BCUT2D eigenvalue weighted by Crippen LogP contribution is -2.44. The number of pyridine rings is 1. The van der Waals surface area contributed by atoms with Crippen molar-refractivity contribution in [3.05, 3.63) is 30.1 Å². The largest absolute Gasteiger partial charge is 0.379 e. The summed E-state index contributed by atoms with van der Waals surface area (Å²) in [4.78, 5) is 4.07. The van der Waals surface area contributed by atoms with E-state index >= 15 is 0 Å². The Kier molecular flexibility index (Phi) is 2.29. The predicted molar refractivity (Wildman–Crippen MR) is 50.2 cm³/mol. The molecular weight excluding hydrogens is 164 g/mol. The van der Waals surface area contributed by atoms with Gasteiger partial charge in [-0.05, 0) is 24.5 Å². The molecule has 3 heteroatoms. The van der Waals surface area contributed by atoms with Crippen LogP contribution in [0.25, 0.3) is 0 Å². The molecule has 0 radical (unpaired) electrons. The molecule has 1 aliphatic heterocycles. The van der Waals surface area contributed by atoms with Crippen LogP contribution >= 0.6 is 0 Å². The van der Waals surface area contributed by atoms with Gasteiger partial charge < -0.3 is 10.5 Å². The Bertz CT molecular complexity index is 268. The number of aromatic nitrogens is 1. The molecule has 0 aliphatic carbocycles. The highest BCUT2D eigenvalue weighted by Gasteiger charge is 2.30. The summed E-state index contributed by atoms with van der Waals surface area (Å²) in [5.41, 5.74) is 6.98. The van der Waals surface area contributed by atoms with Gasteiger partial charge in [0.2, 0.25) is 0 Å². The average molecular weight is 178 g/mol. The van der Waals surface area contributed by atoms with E-state index in [9.17, 15) is 0 Å². The van der Waals surface area contributed by atoms with Gasteiger partial charge in [-0.15, -0.1) is 0 Å². The van der Waals surface area contributed by atoms with Crippen molar-refractivity contribution < 1.29 is 4.74 Å². The first-order chi connectivity index (χ1) is 6.31. The molecule has 1 aliphatic rings. The topological polar surface area (TPSA) is 48.1 Å². The number of nitrogens with two attached hydrogens (primary N) is 1. The quantitative estimate of drug-likeness (QED) is 0.699. The van der Waals surface area contributed by atoms with E-state index in [2.05, 4.69) is 4.98 Å². The van der Waals surface area contributed by atoms with Gasteiger partial charge in [-0.25, -0.2) is 0 Å². The Hall–Kier alpha value is -0.930. The summed E-state index contributed by atoms with van der Waals surface area (Å²) in [6.45, 7) is 1.44. The number of ether oxygens (including phenoxy) is 1. The molecule has 2 N–H and O–H groups in total. The number of hydrogen-bond donors (Lipinski definition) is 1. The molecule has 0 saturated carbocycles. The second-order valence-electron chi connectivity index (χ2n) is 3.55. The zero-order chi connectivity index (χ0) is 9.15. The zero-order valence-corrected chi connectivity index (χ0v) is 7.57. The molecule has 2 rings (SSSR count). The van der Waals surface area contributed by atoms with Crippen LogP contribution in [0.1, 0.15) is 18.4 Å². The Morgan fingerprint density at radius 3 is 3.08 bits per heavy atom. The molecule has 1 unspecified atom stereocenters. The number of rotatable bonds is 1. The van der Waals surface area contributed by atoms with E-state index < -0.39 is 0 Å². The normalized spacial score (nSPS) is 28.7. The van der Waals surface area contributed by atoms with Crippen molar-refractivity contribution in [1.29, 1.82) is 0 Å². The van der Waals surface area contributed by atoms with Gasteiger partial charge in [0.1, 0.15) is 0 Å². The third-order valence-corrected chi connectivity index (χ3v) is 2.51. The fourth-order valence-electron chi connectivity index (χ4n) is 1.70. The Morgan fingerprint density at radius 1 is 1.54 bits per heavy atom. The highest BCUT2D eigenvalue weighted by molar-refractivity contribution is 5.20. The van der Waals surface area contributed by atoms with Gasteiger partial charge in [-0.2, -0.15) is 0 Å². The molecule has 3 nitrogen and oxygen atoms in total. The molecule has 0 bridgehead atoms. The van der Waals surface area contributed by atoms with Crippen molar-refractivity contribution in [2.24, 2.45) is 5.73 Å². The van der Waals surface area contributed by atoms with Crippen LogP contribution in [0.5, 0.6) is 0 Å². The molecule has 0 spiro atoms. The summed E-state index contributed by atoms with van der Waals surface area (Å²) in [6, 6.07) is 3.93. The molecule has 1 saturated heterocycles. The molecule has 1 fully saturated rings. The first kappa shape index (κ1) is 8.66. The van der Waals surface area contributed by atoms with Gasteiger partial charge in [-0.3, -0.25) is 4.98 Å². The minimum atomic E-state index is -0.313. The van der Waals surface area contributed by atoms with Gasteiger partial charge in [0.05, 0.1) is 12.1 Å². The molecular formula is C10H14N2O. The van der Waals surface area contributed by atoms with E-state index in [0.29, 0.717) is 6.61 Å². The summed E-state index contributed by atoms with van der Waals surface area (Å²) in [7, 11) is 0. The van der Waals surface area contributed by atoms with E-state index in [1.54, 1.807) is 6.20 Å². The van der Waals surface area contributed by atoms with Gasteiger partial charge in [-0.1, -0.05) is 6.07 Å². The van der Waals surface area contributed by atoms with Crippen LogP contribution in [0.4, 0.5) is 0 Å². The van der Waals surface area contributed by atoms with E-state index in [1.807, 2.05) is 18.3 Å². The van der Waals surface area contributed by atoms with E-state index in [-0.39, 0.29) is 5.54 Å². The maximum atomic E-state index is 6.22. The van der Waals surface area contributed by atoms with Crippen molar-refractivity contribution in [1.82, 2.24) is 4.98 Å². The third-order valence-electron chi connectivity index (χ3n) is 2.51. The number of hydrogen-bond acceptors (Lipinski definition) is 3. The number of nitrogens with zero attached hydrogens (tertiary/aromatic N) is 1. The second kappa shape index (κ2) is 3.44. The summed E-state index contributed by atoms with van der Waals surface area (Å²) < 4.78 is 5.39. The second-order valence-corrected chi connectivity index (χ2v) is 3.55. The van der Waals surface area contributed by atoms with Crippen molar-refractivity contribution >= 4 is 0 Å². The molecule has 1 aromatic rings. The van der Waals surface area contributed by atoms with Crippen molar-refractivity contribution in [3.8, 4) is 0 Å². The Labute approximate surface area is 77.9 Å². The average Bonchev–Trinajstić information content (AvgIpc) is 2.20. The van der Waals surface area contributed by atoms with Gasteiger partial charge in [0.25, 0.3) is 0 Å². The molecule has 70 valence electrons. The van der Waals surface area contributed by atoms with Crippen molar-refractivity contribution in [3.63, 3.8) is 0 Å². The van der Waals surface area contributed by atoms with Crippen LogP contribution in [0.3, 0.4) is 0 Å². The summed E-state index contributed by atoms with van der Waals surface area (Å²) in [5, 5.41) is 0. The van der Waals surface area contributed by atoms with E-state index in [0.717, 1.165) is 25.0 Å². The van der Waals surface area contributed by atoms with Crippen LogP contribution in [0.2, 0.25) is 0 Å². The maximum Gasteiger partial charge on any atom is 0.0688 e. The van der Waals surface area contributed by atoms with E-state index in [4.69, 9.17) is 10.5 Å². The lowest BCUT2D eigenvalue weighted by molar-refractivity contribution is 0.0365. The van der Waals surface area contributed by atoms with E-state index in [1.165, 1.54) is 0 Å². The third kappa shape index (κ3) is 1.71. The van der Waals surface area contributed by atoms with Crippen molar-refractivity contribution in [2.75, 3.05) is 13.2 Å². The smallest absolute Gasteiger partial charge is 0.0688 e. The molecule has 13 heavy (non-hydrogen) atoms. The SMILES string of the molecule is NC1(c2cccnc2)CCCOC1. The zero-order valence-electron chi connectivity index (χ0n) is 7.57. The van der Waals surface area contributed by atoms with Crippen LogP contribution in [0.15, 0.2) is 24.5 Å².